The largest absolute Gasteiger partial charge is 0.314 e. The number of hydrogen-bond acceptors (Lipinski definition) is 3. The van der Waals surface area contributed by atoms with Gasteiger partial charge in [-0.1, -0.05) is 13.8 Å². The van der Waals surface area contributed by atoms with Crippen LogP contribution in [-0.4, -0.2) is 32.5 Å². The summed E-state index contributed by atoms with van der Waals surface area (Å²) in [7, 11) is -2.76. The second-order valence-corrected chi connectivity index (χ2v) is 6.85. The van der Waals surface area contributed by atoms with Gasteiger partial charge < -0.3 is 5.32 Å². The van der Waals surface area contributed by atoms with Gasteiger partial charge in [0.25, 0.3) is 0 Å². The molecule has 0 bridgehead atoms. The standard InChI is InChI=1S/C11H23NO2S/c1-3-12-11(10-7-8-10)6-5-9-15(13,14)4-2/h10-12H,3-9H2,1-2H3. The highest BCUT2D eigenvalue weighted by molar-refractivity contribution is 7.91. The van der Waals surface area contributed by atoms with Crippen LogP contribution in [0.3, 0.4) is 0 Å². The molecule has 0 aliphatic heterocycles. The summed E-state index contributed by atoms with van der Waals surface area (Å²) in [6.45, 7) is 4.82. The van der Waals surface area contributed by atoms with Gasteiger partial charge in [0, 0.05) is 11.8 Å². The number of nitrogens with one attached hydrogen (secondary N) is 1. The highest BCUT2D eigenvalue weighted by Gasteiger charge is 2.30. The molecule has 1 fully saturated rings. The first-order valence-electron chi connectivity index (χ1n) is 6.03. The Labute approximate surface area is 93.6 Å². The minimum Gasteiger partial charge on any atom is -0.314 e. The van der Waals surface area contributed by atoms with Crippen LogP contribution in [-0.2, 0) is 9.84 Å². The van der Waals surface area contributed by atoms with Crippen molar-refractivity contribution < 1.29 is 8.42 Å². The molecular weight excluding hydrogens is 210 g/mol. The van der Waals surface area contributed by atoms with E-state index in [4.69, 9.17) is 0 Å². The zero-order valence-electron chi connectivity index (χ0n) is 9.83. The molecule has 1 atom stereocenters. The first kappa shape index (κ1) is 13.0. The molecule has 0 aromatic rings. The van der Waals surface area contributed by atoms with Gasteiger partial charge in [-0.05, 0) is 38.1 Å². The van der Waals surface area contributed by atoms with E-state index < -0.39 is 9.84 Å². The van der Waals surface area contributed by atoms with Crippen LogP contribution in [0, 0.1) is 5.92 Å². The molecule has 90 valence electrons. The monoisotopic (exact) mass is 233 g/mol. The van der Waals surface area contributed by atoms with Gasteiger partial charge in [-0.25, -0.2) is 8.42 Å². The van der Waals surface area contributed by atoms with Crippen LogP contribution in [0.2, 0.25) is 0 Å². The molecule has 1 unspecified atom stereocenters. The fourth-order valence-electron chi connectivity index (χ4n) is 1.93. The third-order valence-electron chi connectivity index (χ3n) is 3.07. The average Bonchev–Trinajstić information content (AvgIpc) is 3.00. The van der Waals surface area contributed by atoms with E-state index in [1.54, 1.807) is 6.92 Å². The quantitative estimate of drug-likeness (QED) is 0.692. The maximum Gasteiger partial charge on any atom is 0.150 e. The van der Waals surface area contributed by atoms with Crippen molar-refractivity contribution in [1.29, 1.82) is 0 Å². The molecule has 0 radical (unpaired) electrons. The molecule has 0 aromatic carbocycles. The van der Waals surface area contributed by atoms with E-state index in [0.29, 0.717) is 11.8 Å². The van der Waals surface area contributed by atoms with Crippen molar-refractivity contribution in [3.8, 4) is 0 Å². The molecule has 1 rings (SSSR count). The minimum absolute atomic E-state index is 0.280. The first-order valence-corrected chi connectivity index (χ1v) is 7.85. The van der Waals surface area contributed by atoms with Gasteiger partial charge in [0.2, 0.25) is 0 Å². The minimum atomic E-state index is -2.76. The van der Waals surface area contributed by atoms with Gasteiger partial charge in [0.05, 0.1) is 5.75 Å². The summed E-state index contributed by atoms with van der Waals surface area (Å²) in [5.74, 6) is 1.45. The molecule has 0 spiro atoms. The summed E-state index contributed by atoms with van der Waals surface area (Å²) in [6, 6.07) is 0.557. The molecule has 1 N–H and O–H groups in total. The Balaban J connectivity index is 2.22. The zero-order valence-corrected chi connectivity index (χ0v) is 10.6. The number of hydrogen-bond donors (Lipinski definition) is 1. The Morgan fingerprint density at radius 1 is 1.33 bits per heavy atom. The van der Waals surface area contributed by atoms with Crippen molar-refractivity contribution in [1.82, 2.24) is 5.32 Å². The predicted octanol–water partition coefficient (Wildman–Crippen LogP) is 1.59. The molecule has 1 aliphatic carbocycles. The van der Waals surface area contributed by atoms with Crippen LogP contribution < -0.4 is 5.32 Å². The topological polar surface area (TPSA) is 46.2 Å². The lowest BCUT2D eigenvalue weighted by Gasteiger charge is -2.16. The van der Waals surface area contributed by atoms with Gasteiger partial charge in [0.1, 0.15) is 9.84 Å². The maximum atomic E-state index is 11.3. The van der Waals surface area contributed by atoms with Crippen molar-refractivity contribution in [3.63, 3.8) is 0 Å². The highest BCUT2D eigenvalue weighted by Crippen LogP contribution is 2.34. The first-order chi connectivity index (χ1) is 7.09. The average molecular weight is 233 g/mol. The summed E-state index contributed by atoms with van der Waals surface area (Å²) in [5, 5.41) is 3.45. The molecule has 0 heterocycles. The lowest BCUT2D eigenvalue weighted by Crippen LogP contribution is -2.31. The van der Waals surface area contributed by atoms with Crippen molar-refractivity contribution >= 4 is 9.84 Å². The Kier molecular flexibility index (Phi) is 5.06. The highest BCUT2D eigenvalue weighted by atomic mass is 32.2. The zero-order chi connectivity index (χ0) is 11.3. The molecule has 1 saturated carbocycles. The summed E-state index contributed by atoms with van der Waals surface area (Å²) < 4.78 is 22.6. The summed E-state index contributed by atoms with van der Waals surface area (Å²) in [6.07, 6.45) is 4.46. The van der Waals surface area contributed by atoms with Crippen molar-refractivity contribution in [2.45, 2.75) is 45.6 Å². The molecule has 1 aliphatic rings. The third-order valence-corrected chi connectivity index (χ3v) is 4.86. The van der Waals surface area contributed by atoms with Gasteiger partial charge in [-0.2, -0.15) is 0 Å². The van der Waals surface area contributed by atoms with Crippen LogP contribution in [0.25, 0.3) is 0 Å². The van der Waals surface area contributed by atoms with Crippen molar-refractivity contribution in [2.75, 3.05) is 18.1 Å². The molecule has 0 aromatic heterocycles. The fraction of sp³-hybridized carbons (Fsp3) is 1.00. The van der Waals surface area contributed by atoms with E-state index in [2.05, 4.69) is 12.2 Å². The molecule has 3 nitrogen and oxygen atoms in total. The SMILES string of the molecule is CCNC(CCCS(=O)(=O)CC)C1CC1. The molecular formula is C11H23NO2S. The fourth-order valence-corrected chi connectivity index (χ4v) is 2.83. The summed E-state index contributed by atoms with van der Waals surface area (Å²) in [5.41, 5.74) is 0. The van der Waals surface area contributed by atoms with E-state index >= 15 is 0 Å². The second kappa shape index (κ2) is 5.85. The van der Waals surface area contributed by atoms with Crippen molar-refractivity contribution in [3.05, 3.63) is 0 Å². The van der Waals surface area contributed by atoms with E-state index in [0.717, 1.165) is 25.3 Å². The number of rotatable bonds is 8. The van der Waals surface area contributed by atoms with Gasteiger partial charge in [-0.15, -0.1) is 0 Å². The molecule has 15 heavy (non-hydrogen) atoms. The van der Waals surface area contributed by atoms with E-state index in [-0.39, 0.29) is 5.75 Å². The van der Waals surface area contributed by atoms with E-state index in [9.17, 15) is 8.42 Å². The van der Waals surface area contributed by atoms with Gasteiger partial charge in [-0.3, -0.25) is 0 Å². The van der Waals surface area contributed by atoms with Crippen LogP contribution in [0.5, 0.6) is 0 Å². The Morgan fingerprint density at radius 2 is 2.00 bits per heavy atom. The van der Waals surface area contributed by atoms with Crippen LogP contribution in [0.15, 0.2) is 0 Å². The van der Waals surface area contributed by atoms with Crippen LogP contribution in [0.1, 0.15) is 39.5 Å². The predicted molar refractivity (Wildman–Crippen MR) is 63.8 cm³/mol. The van der Waals surface area contributed by atoms with E-state index in [1.165, 1.54) is 12.8 Å². The third kappa shape index (κ3) is 4.98. The molecule has 0 amide bonds. The maximum absolute atomic E-state index is 11.3. The van der Waals surface area contributed by atoms with Gasteiger partial charge in [0.15, 0.2) is 0 Å². The molecule has 0 saturated heterocycles. The van der Waals surface area contributed by atoms with Crippen molar-refractivity contribution in [2.24, 2.45) is 5.92 Å². The molecule has 4 heteroatoms. The normalized spacial score (nSPS) is 19.1. The van der Waals surface area contributed by atoms with Crippen LogP contribution >= 0.6 is 0 Å². The van der Waals surface area contributed by atoms with E-state index in [1.807, 2.05) is 0 Å². The smallest absolute Gasteiger partial charge is 0.150 e. The van der Waals surface area contributed by atoms with Gasteiger partial charge >= 0.3 is 0 Å². The Morgan fingerprint density at radius 3 is 2.47 bits per heavy atom. The second-order valence-electron chi connectivity index (χ2n) is 4.38. The Bertz CT molecular complexity index is 270. The summed E-state index contributed by atoms with van der Waals surface area (Å²) >= 11 is 0. The summed E-state index contributed by atoms with van der Waals surface area (Å²) in [4.78, 5) is 0. The lowest BCUT2D eigenvalue weighted by atomic mass is 10.1. The van der Waals surface area contributed by atoms with Crippen LogP contribution in [0.4, 0.5) is 0 Å². The number of sulfone groups is 1. The Hall–Kier alpha value is -0.0900. The lowest BCUT2D eigenvalue weighted by molar-refractivity contribution is 0.441.